The van der Waals surface area contributed by atoms with Gasteiger partial charge in [0.05, 0.1) is 5.69 Å². The number of rotatable bonds is 3. The van der Waals surface area contributed by atoms with Crippen molar-refractivity contribution in [3.05, 3.63) is 29.6 Å². The Hall–Kier alpha value is -0.570. The molecule has 17 heavy (non-hydrogen) atoms. The Morgan fingerprint density at radius 1 is 1.41 bits per heavy atom. The molecule has 0 bridgehead atoms. The lowest BCUT2D eigenvalue weighted by Crippen LogP contribution is -2.40. The lowest BCUT2D eigenvalue weighted by atomic mass is 9.98. The summed E-state index contributed by atoms with van der Waals surface area (Å²) in [5.41, 5.74) is 1.88. The molecule has 1 aliphatic heterocycles. The molecule has 0 aliphatic carbocycles. The van der Waals surface area contributed by atoms with Crippen LogP contribution in [0.5, 0.6) is 0 Å². The SMILES string of the molecule is CCC1CCCCN1c1c(F)cccc1CBr. The average Bonchev–Trinajstić information content (AvgIpc) is 2.38. The maximum absolute atomic E-state index is 14.1. The topological polar surface area (TPSA) is 3.24 Å². The third-order valence-corrected chi connectivity index (χ3v) is 4.20. The van der Waals surface area contributed by atoms with Crippen molar-refractivity contribution in [1.29, 1.82) is 0 Å². The van der Waals surface area contributed by atoms with Gasteiger partial charge in [-0.3, -0.25) is 0 Å². The van der Waals surface area contributed by atoms with Crippen molar-refractivity contribution in [2.45, 2.75) is 44.0 Å². The number of piperidine rings is 1. The summed E-state index contributed by atoms with van der Waals surface area (Å²) >= 11 is 3.46. The fourth-order valence-corrected chi connectivity index (χ4v) is 3.16. The van der Waals surface area contributed by atoms with E-state index in [0.717, 1.165) is 24.2 Å². The number of hydrogen-bond donors (Lipinski definition) is 0. The molecule has 1 aliphatic rings. The highest BCUT2D eigenvalue weighted by Gasteiger charge is 2.24. The molecular formula is C14H19BrFN. The van der Waals surface area contributed by atoms with E-state index in [-0.39, 0.29) is 5.82 Å². The van der Waals surface area contributed by atoms with Crippen LogP contribution in [0.1, 0.15) is 38.2 Å². The van der Waals surface area contributed by atoms with Gasteiger partial charge in [0, 0.05) is 17.9 Å². The predicted octanol–water partition coefficient (Wildman–Crippen LogP) is 4.49. The van der Waals surface area contributed by atoms with Gasteiger partial charge in [-0.15, -0.1) is 0 Å². The number of nitrogens with zero attached hydrogens (tertiary/aromatic N) is 1. The molecule has 1 heterocycles. The van der Waals surface area contributed by atoms with E-state index in [2.05, 4.69) is 27.8 Å². The molecule has 1 atom stereocenters. The molecule has 0 aromatic heterocycles. The minimum absolute atomic E-state index is 0.0812. The summed E-state index contributed by atoms with van der Waals surface area (Å²) in [5.74, 6) is -0.0812. The Bertz CT molecular complexity index is 380. The van der Waals surface area contributed by atoms with Crippen LogP contribution in [0.15, 0.2) is 18.2 Å². The van der Waals surface area contributed by atoms with Crippen LogP contribution in [0.4, 0.5) is 10.1 Å². The van der Waals surface area contributed by atoms with E-state index in [1.165, 1.54) is 19.3 Å². The normalized spacial score (nSPS) is 20.6. The van der Waals surface area contributed by atoms with Crippen molar-refractivity contribution < 1.29 is 4.39 Å². The van der Waals surface area contributed by atoms with Gasteiger partial charge in [0.25, 0.3) is 0 Å². The lowest BCUT2D eigenvalue weighted by molar-refractivity contribution is 0.442. The van der Waals surface area contributed by atoms with Crippen molar-refractivity contribution in [3.63, 3.8) is 0 Å². The second-order valence-corrected chi connectivity index (χ2v) is 5.19. The fraction of sp³-hybridized carbons (Fsp3) is 0.571. The first-order chi connectivity index (χ1) is 8.27. The van der Waals surface area contributed by atoms with Crippen LogP contribution in [-0.4, -0.2) is 12.6 Å². The summed E-state index contributed by atoms with van der Waals surface area (Å²) in [6.45, 7) is 3.18. The zero-order valence-electron chi connectivity index (χ0n) is 10.3. The molecule has 1 fully saturated rings. The number of para-hydroxylation sites is 1. The summed E-state index contributed by atoms with van der Waals surface area (Å²) < 4.78 is 14.1. The molecule has 1 aromatic rings. The Kier molecular flexibility index (Phi) is 4.43. The maximum atomic E-state index is 14.1. The first-order valence-electron chi connectivity index (χ1n) is 6.38. The number of halogens is 2. The van der Waals surface area contributed by atoms with E-state index in [0.29, 0.717) is 11.4 Å². The first-order valence-corrected chi connectivity index (χ1v) is 7.50. The Morgan fingerprint density at radius 2 is 2.24 bits per heavy atom. The lowest BCUT2D eigenvalue weighted by Gasteiger charge is -2.38. The molecule has 1 saturated heterocycles. The highest BCUT2D eigenvalue weighted by Crippen LogP contribution is 2.32. The molecule has 94 valence electrons. The van der Waals surface area contributed by atoms with Crippen molar-refractivity contribution in [1.82, 2.24) is 0 Å². The highest BCUT2D eigenvalue weighted by atomic mass is 79.9. The van der Waals surface area contributed by atoms with Crippen LogP contribution in [0.2, 0.25) is 0 Å². The second-order valence-electron chi connectivity index (χ2n) is 4.63. The summed E-state index contributed by atoms with van der Waals surface area (Å²) in [6.07, 6.45) is 4.72. The molecule has 0 saturated carbocycles. The Morgan fingerprint density at radius 3 is 2.94 bits per heavy atom. The summed E-state index contributed by atoms with van der Waals surface area (Å²) in [5, 5.41) is 0.715. The van der Waals surface area contributed by atoms with Crippen molar-refractivity contribution in [3.8, 4) is 0 Å². The van der Waals surface area contributed by atoms with Gasteiger partial charge in [-0.25, -0.2) is 4.39 Å². The average molecular weight is 300 g/mol. The van der Waals surface area contributed by atoms with Crippen LogP contribution in [-0.2, 0) is 5.33 Å². The van der Waals surface area contributed by atoms with E-state index in [9.17, 15) is 4.39 Å². The molecule has 0 spiro atoms. The van der Waals surface area contributed by atoms with Crippen LogP contribution in [0.25, 0.3) is 0 Å². The second kappa shape index (κ2) is 5.85. The van der Waals surface area contributed by atoms with Crippen LogP contribution in [0, 0.1) is 5.82 Å². The number of alkyl halides is 1. The largest absolute Gasteiger partial charge is 0.366 e. The molecule has 0 N–H and O–H groups in total. The third-order valence-electron chi connectivity index (χ3n) is 3.60. The van der Waals surface area contributed by atoms with E-state index in [1.54, 1.807) is 12.1 Å². The minimum atomic E-state index is -0.0812. The van der Waals surface area contributed by atoms with Gasteiger partial charge in [0.2, 0.25) is 0 Å². The fourth-order valence-electron chi connectivity index (χ4n) is 2.71. The number of benzene rings is 1. The monoisotopic (exact) mass is 299 g/mol. The number of hydrogen-bond acceptors (Lipinski definition) is 1. The number of anilines is 1. The Labute approximate surface area is 111 Å². The van der Waals surface area contributed by atoms with Crippen LogP contribution >= 0.6 is 15.9 Å². The van der Waals surface area contributed by atoms with Gasteiger partial charge in [0.15, 0.2) is 0 Å². The molecule has 2 rings (SSSR count). The molecule has 0 radical (unpaired) electrons. The maximum Gasteiger partial charge on any atom is 0.146 e. The van der Waals surface area contributed by atoms with Crippen LogP contribution in [0.3, 0.4) is 0 Å². The smallest absolute Gasteiger partial charge is 0.146 e. The van der Waals surface area contributed by atoms with E-state index < -0.39 is 0 Å². The molecule has 1 aromatic carbocycles. The predicted molar refractivity (Wildman–Crippen MR) is 74.3 cm³/mol. The Balaban J connectivity index is 2.36. The quantitative estimate of drug-likeness (QED) is 0.743. The van der Waals surface area contributed by atoms with Gasteiger partial charge >= 0.3 is 0 Å². The van der Waals surface area contributed by atoms with Crippen LogP contribution < -0.4 is 4.90 Å². The summed E-state index contributed by atoms with van der Waals surface area (Å²) in [7, 11) is 0. The highest BCUT2D eigenvalue weighted by molar-refractivity contribution is 9.08. The van der Waals surface area contributed by atoms with Gasteiger partial charge < -0.3 is 4.90 Å². The van der Waals surface area contributed by atoms with Crippen molar-refractivity contribution in [2.24, 2.45) is 0 Å². The zero-order chi connectivity index (χ0) is 12.3. The van der Waals surface area contributed by atoms with Gasteiger partial charge in [0.1, 0.15) is 5.82 Å². The minimum Gasteiger partial charge on any atom is -0.366 e. The molecular weight excluding hydrogens is 281 g/mol. The zero-order valence-corrected chi connectivity index (χ0v) is 11.8. The van der Waals surface area contributed by atoms with Gasteiger partial charge in [-0.05, 0) is 37.3 Å². The van der Waals surface area contributed by atoms with E-state index in [1.807, 2.05) is 6.07 Å². The van der Waals surface area contributed by atoms with E-state index in [4.69, 9.17) is 0 Å². The van der Waals surface area contributed by atoms with Gasteiger partial charge in [-0.1, -0.05) is 35.0 Å². The van der Waals surface area contributed by atoms with Crippen molar-refractivity contribution >= 4 is 21.6 Å². The first kappa shape index (κ1) is 12.9. The van der Waals surface area contributed by atoms with Gasteiger partial charge in [-0.2, -0.15) is 0 Å². The standard InChI is InChI=1S/C14H19BrFN/c1-2-12-7-3-4-9-17(12)14-11(10-15)6-5-8-13(14)16/h5-6,8,12H,2-4,7,9-10H2,1H3. The summed E-state index contributed by atoms with van der Waals surface area (Å²) in [6, 6.07) is 5.87. The van der Waals surface area contributed by atoms with E-state index >= 15 is 0 Å². The molecule has 3 heteroatoms. The summed E-state index contributed by atoms with van der Waals surface area (Å²) in [4.78, 5) is 2.27. The molecule has 0 amide bonds. The third kappa shape index (κ3) is 2.65. The van der Waals surface area contributed by atoms with Crippen molar-refractivity contribution in [2.75, 3.05) is 11.4 Å². The molecule has 1 nitrogen and oxygen atoms in total. The molecule has 1 unspecified atom stereocenters.